The van der Waals surface area contributed by atoms with Gasteiger partial charge >= 0.3 is 6.09 Å². The Kier molecular flexibility index (Phi) is 10.8. The normalized spacial score (nSPS) is 17.7. The summed E-state index contributed by atoms with van der Waals surface area (Å²) in [5.74, 6) is -1.31. The zero-order valence-electron chi connectivity index (χ0n) is 26.6. The molecule has 0 spiro atoms. The van der Waals surface area contributed by atoms with Crippen molar-refractivity contribution in [3.63, 3.8) is 0 Å². The molecule has 0 aliphatic carbocycles. The number of Topliss-reactive ketones (excluding diaryl/α,β-unsaturated/α-hetero) is 1. The van der Waals surface area contributed by atoms with Gasteiger partial charge in [-0.2, -0.15) is 0 Å². The number of ether oxygens (including phenoxy) is 2. The quantitative estimate of drug-likeness (QED) is 0.245. The molecule has 0 bridgehead atoms. The van der Waals surface area contributed by atoms with Gasteiger partial charge in [0.25, 0.3) is 0 Å². The lowest BCUT2D eigenvalue weighted by Gasteiger charge is -2.25. The van der Waals surface area contributed by atoms with Crippen LogP contribution in [0.3, 0.4) is 0 Å². The van der Waals surface area contributed by atoms with Crippen molar-refractivity contribution in [1.82, 2.24) is 16.0 Å². The Morgan fingerprint density at radius 1 is 0.756 bits per heavy atom. The molecule has 3 N–H and O–H groups in total. The summed E-state index contributed by atoms with van der Waals surface area (Å²) >= 11 is 0. The molecular formula is C36H43N3O6. The molecule has 3 aromatic carbocycles. The van der Waals surface area contributed by atoms with Gasteiger partial charge in [-0.05, 0) is 47.9 Å². The maximum absolute atomic E-state index is 13.8. The summed E-state index contributed by atoms with van der Waals surface area (Å²) < 4.78 is 10.7. The molecule has 4 rings (SSSR count). The number of carbonyl (C=O) groups is 4. The van der Waals surface area contributed by atoms with E-state index in [0.29, 0.717) is 0 Å². The Hall–Kier alpha value is -4.50. The van der Waals surface area contributed by atoms with Gasteiger partial charge in [0.2, 0.25) is 11.8 Å². The highest BCUT2D eigenvalue weighted by atomic mass is 16.6. The summed E-state index contributed by atoms with van der Waals surface area (Å²) in [4.78, 5) is 52.9. The van der Waals surface area contributed by atoms with Crippen LogP contribution in [0, 0.1) is 0 Å². The van der Waals surface area contributed by atoms with Crippen molar-refractivity contribution in [3.05, 3.63) is 107 Å². The number of hydrogen-bond acceptors (Lipinski definition) is 6. The Bertz CT molecular complexity index is 1460. The molecule has 9 heteroatoms. The lowest BCUT2D eigenvalue weighted by molar-refractivity contribution is -0.133. The molecule has 1 saturated heterocycles. The third-order valence-corrected chi connectivity index (χ3v) is 7.85. The van der Waals surface area contributed by atoms with E-state index >= 15 is 0 Å². The average molecular weight is 614 g/mol. The molecule has 3 unspecified atom stereocenters. The first kappa shape index (κ1) is 33.4. The van der Waals surface area contributed by atoms with E-state index in [1.165, 1.54) is 6.92 Å². The average Bonchev–Trinajstić information content (AvgIpc) is 3.78. The van der Waals surface area contributed by atoms with E-state index in [2.05, 4.69) is 36.7 Å². The number of rotatable bonds is 13. The van der Waals surface area contributed by atoms with Crippen LogP contribution >= 0.6 is 0 Å². The summed E-state index contributed by atoms with van der Waals surface area (Å²) in [6.45, 7) is 9.91. The predicted octanol–water partition coefficient (Wildman–Crippen LogP) is 4.41. The number of amides is 3. The number of carbonyl (C=O) groups excluding carboxylic acids is 4. The molecule has 1 aliphatic rings. The lowest BCUT2D eigenvalue weighted by atomic mass is 9.86. The highest BCUT2D eigenvalue weighted by Gasteiger charge is 2.50. The topological polar surface area (TPSA) is 126 Å². The largest absolute Gasteiger partial charge is 0.445 e. The number of alkyl carbamates (subject to hydrolysis) is 1. The second-order valence-electron chi connectivity index (χ2n) is 12.8. The number of hydrogen-bond donors (Lipinski definition) is 3. The third-order valence-electron chi connectivity index (χ3n) is 7.85. The molecule has 1 aliphatic heterocycles. The van der Waals surface area contributed by atoms with Gasteiger partial charge in [0.05, 0.1) is 12.6 Å². The maximum Gasteiger partial charge on any atom is 0.408 e. The van der Waals surface area contributed by atoms with Crippen molar-refractivity contribution in [3.8, 4) is 0 Å². The van der Waals surface area contributed by atoms with Gasteiger partial charge in [0, 0.05) is 6.42 Å². The summed E-state index contributed by atoms with van der Waals surface area (Å²) in [6, 6.07) is 23.6. The molecule has 238 valence electrons. The second-order valence-corrected chi connectivity index (χ2v) is 12.8. The molecular weight excluding hydrogens is 570 g/mol. The van der Waals surface area contributed by atoms with Gasteiger partial charge in [-0.15, -0.1) is 0 Å². The fourth-order valence-electron chi connectivity index (χ4n) is 4.84. The van der Waals surface area contributed by atoms with Crippen molar-refractivity contribution in [2.24, 2.45) is 0 Å². The van der Waals surface area contributed by atoms with E-state index in [1.54, 1.807) is 6.92 Å². The number of nitrogens with one attached hydrogen (secondary N) is 3. The first-order chi connectivity index (χ1) is 21.3. The first-order valence-electron chi connectivity index (χ1n) is 15.2. The van der Waals surface area contributed by atoms with E-state index in [0.717, 1.165) is 22.3 Å². The summed E-state index contributed by atoms with van der Waals surface area (Å²) in [7, 11) is 0. The Morgan fingerprint density at radius 3 is 1.82 bits per heavy atom. The Balaban J connectivity index is 1.48. The van der Waals surface area contributed by atoms with E-state index in [-0.39, 0.29) is 37.3 Å². The molecule has 1 heterocycles. The summed E-state index contributed by atoms with van der Waals surface area (Å²) in [5.41, 5.74) is 2.65. The van der Waals surface area contributed by atoms with Crippen molar-refractivity contribution >= 4 is 23.7 Å². The van der Waals surface area contributed by atoms with Crippen LogP contribution in [0.15, 0.2) is 84.9 Å². The van der Waals surface area contributed by atoms with Gasteiger partial charge < -0.3 is 25.4 Å². The van der Waals surface area contributed by atoms with Crippen LogP contribution < -0.4 is 16.0 Å². The zero-order valence-corrected chi connectivity index (χ0v) is 26.6. The monoisotopic (exact) mass is 613 g/mol. The minimum Gasteiger partial charge on any atom is -0.445 e. The number of epoxide rings is 1. The molecule has 3 amide bonds. The highest BCUT2D eigenvalue weighted by molar-refractivity contribution is 5.98. The van der Waals surface area contributed by atoms with E-state index in [4.69, 9.17) is 9.47 Å². The van der Waals surface area contributed by atoms with Crippen LogP contribution in [0.2, 0.25) is 0 Å². The number of benzene rings is 3. The standard InChI is InChI=1S/C36H43N3O6/c1-24(37-34(43)44-22-27-14-10-7-11-15-27)32(41)39-30(21-26-16-18-28(19-17-26)35(2,3)4)33(42)38-29(31(40)36(5)23-45-36)20-25-12-8-6-9-13-25/h6-19,24,29-30H,20-23H2,1-5H3,(H,37,43)(H,38,42)(H,39,41)/t24?,29?,30-,36?/m0/s1. The molecule has 0 aromatic heterocycles. The summed E-state index contributed by atoms with van der Waals surface area (Å²) in [6.07, 6.45) is -0.310. The van der Waals surface area contributed by atoms with Crippen molar-refractivity contribution in [1.29, 1.82) is 0 Å². The van der Waals surface area contributed by atoms with Crippen LogP contribution in [0.5, 0.6) is 0 Å². The summed E-state index contributed by atoms with van der Waals surface area (Å²) in [5, 5.41) is 8.21. The van der Waals surface area contributed by atoms with Crippen LogP contribution in [-0.2, 0) is 48.7 Å². The molecule has 1 fully saturated rings. The van der Waals surface area contributed by atoms with Crippen LogP contribution in [0.4, 0.5) is 4.79 Å². The van der Waals surface area contributed by atoms with Crippen LogP contribution in [0.1, 0.15) is 56.9 Å². The Morgan fingerprint density at radius 2 is 1.27 bits per heavy atom. The first-order valence-corrected chi connectivity index (χ1v) is 15.2. The van der Waals surface area contributed by atoms with Gasteiger partial charge in [0.15, 0.2) is 5.78 Å². The third kappa shape index (κ3) is 9.74. The molecule has 0 saturated carbocycles. The molecule has 3 aromatic rings. The van der Waals surface area contributed by atoms with Crippen molar-refractivity contribution in [2.75, 3.05) is 6.61 Å². The van der Waals surface area contributed by atoms with Gasteiger partial charge in [-0.1, -0.05) is 106 Å². The maximum atomic E-state index is 13.8. The minimum atomic E-state index is -1.03. The number of ketones is 1. The van der Waals surface area contributed by atoms with Gasteiger partial charge in [-0.3, -0.25) is 14.4 Å². The molecule has 45 heavy (non-hydrogen) atoms. The highest BCUT2D eigenvalue weighted by Crippen LogP contribution is 2.29. The van der Waals surface area contributed by atoms with Gasteiger partial charge in [-0.25, -0.2) is 4.79 Å². The SMILES string of the molecule is CC(NC(=O)OCc1ccccc1)C(=O)N[C@@H](Cc1ccc(C(C)(C)C)cc1)C(=O)NC(Cc1ccccc1)C(=O)C1(C)CO1. The van der Waals surface area contributed by atoms with Crippen LogP contribution in [-0.4, -0.2) is 54.0 Å². The fourth-order valence-corrected chi connectivity index (χ4v) is 4.84. The fraction of sp³-hybridized carbons (Fsp3) is 0.389. The minimum absolute atomic E-state index is 0.0498. The smallest absolute Gasteiger partial charge is 0.408 e. The van der Waals surface area contributed by atoms with E-state index in [1.807, 2.05) is 84.9 Å². The van der Waals surface area contributed by atoms with E-state index in [9.17, 15) is 19.2 Å². The van der Waals surface area contributed by atoms with Crippen molar-refractivity contribution in [2.45, 2.75) is 83.2 Å². The second kappa shape index (κ2) is 14.5. The van der Waals surface area contributed by atoms with Crippen LogP contribution in [0.25, 0.3) is 0 Å². The van der Waals surface area contributed by atoms with E-state index < -0.39 is 41.6 Å². The molecule has 0 radical (unpaired) electrons. The van der Waals surface area contributed by atoms with Crippen molar-refractivity contribution < 1.29 is 28.7 Å². The van der Waals surface area contributed by atoms with Gasteiger partial charge in [0.1, 0.15) is 24.3 Å². The lowest BCUT2D eigenvalue weighted by Crippen LogP contribution is -2.57. The Labute approximate surface area is 265 Å². The predicted molar refractivity (Wildman–Crippen MR) is 171 cm³/mol. The molecule has 9 nitrogen and oxygen atoms in total. The molecule has 4 atom stereocenters. The zero-order chi connectivity index (χ0) is 32.6.